The van der Waals surface area contributed by atoms with E-state index in [9.17, 15) is 0 Å². The van der Waals surface area contributed by atoms with Crippen molar-refractivity contribution in [2.75, 3.05) is 11.9 Å². The van der Waals surface area contributed by atoms with Gasteiger partial charge >= 0.3 is 0 Å². The van der Waals surface area contributed by atoms with Gasteiger partial charge in [-0.1, -0.05) is 27.6 Å². The van der Waals surface area contributed by atoms with Gasteiger partial charge in [-0.25, -0.2) is 9.97 Å². The zero-order chi connectivity index (χ0) is 11.9. The van der Waals surface area contributed by atoms with Crippen molar-refractivity contribution in [2.24, 2.45) is 5.41 Å². The van der Waals surface area contributed by atoms with Crippen molar-refractivity contribution in [1.29, 1.82) is 0 Å². The van der Waals surface area contributed by atoms with Crippen LogP contribution in [0.15, 0.2) is 12.3 Å². The zero-order valence-corrected chi connectivity index (χ0v) is 10.3. The number of hydrogen-bond acceptors (Lipinski definition) is 3. The van der Waals surface area contributed by atoms with Crippen molar-refractivity contribution in [1.82, 2.24) is 9.97 Å². The summed E-state index contributed by atoms with van der Waals surface area (Å²) in [5, 5.41) is 3.20. The number of rotatable bonds is 2. The molecule has 0 saturated carbocycles. The van der Waals surface area contributed by atoms with E-state index in [2.05, 4.69) is 43.9 Å². The fourth-order valence-electron chi connectivity index (χ4n) is 0.878. The predicted octanol–water partition coefficient (Wildman–Crippen LogP) is 2.45. The highest BCUT2D eigenvalue weighted by molar-refractivity contribution is 6.05. The molecule has 4 heteroatoms. The third-order valence-electron chi connectivity index (χ3n) is 1.57. The van der Waals surface area contributed by atoms with E-state index in [1.165, 1.54) is 6.82 Å². The molecule has 2 radical (unpaired) electrons. The molecule has 0 unspecified atom stereocenters. The molecule has 0 spiro atoms. The van der Waals surface area contributed by atoms with Gasteiger partial charge in [-0.15, -0.1) is 0 Å². The maximum absolute atomic E-state index is 4.50. The SMILES string of the molecule is Cc1ccnc(NCC(C)(C)C)n1.[B]C. The Morgan fingerprint density at radius 1 is 1.33 bits per heavy atom. The van der Waals surface area contributed by atoms with Crippen molar-refractivity contribution >= 4 is 13.8 Å². The zero-order valence-electron chi connectivity index (χ0n) is 10.3. The summed E-state index contributed by atoms with van der Waals surface area (Å²) in [6, 6.07) is 1.89. The lowest BCUT2D eigenvalue weighted by Crippen LogP contribution is -2.20. The monoisotopic (exact) mass is 205 g/mol. The van der Waals surface area contributed by atoms with Gasteiger partial charge in [0.15, 0.2) is 0 Å². The molecule has 1 aromatic rings. The molecule has 0 bridgehead atoms. The molecule has 15 heavy (non-hydrogen) atoms. The standard InChI is InChI=1S/C10H17N3.CH3B/c1-8-5-6-11-9(13-8)12-7-10(2,3)4;1-2/h5-6H,7H2,1-4H3,(H,11,12,13);1H3. The number of aromatic nitrogens is 2. The lowest BCUT2D eigenvalue weighted by atomic mass is 9.97. The molecule has 0 aliphatic rings. The van der Waals surface area contributed by atoms with E-state index in [-0.39, 0.29) is 5.41 Å². The van der Waals surface area contributed by atoms with Gasteiger partial charge in [-0.05, 0) is 18.4 Å². The number of aryl methyl sites for hydroxylation is 1. The van der Waals surface area contributed by atoms with Gasteiger partial charge in [0.2, 0.25) is 5.95 Å². The summed E-state index contributed by atoms with van der Waals surface area (Å²) >= 11 is 0. The normalized spacial score (nSPS) is 10.2. The topological polar surface area (TPSA) is 37.8 Å². The van der Waals surface area contributed by atoms with Gasteiger partial charge in [-0.3, -0.25) is 0 Å². The Bertz CT molecular complexity index is 281. The Morgan fingerprint density at radius 2 is 1.93 bits per heavy atom. The Labute approximate surface area is 94.1 Å². The first-order valence-corrected chi connectivity index (χ1v) is 5.09. The van der Waals surface area contributed by atoms with E-state index in [1.807, 2.05) is 13.0 Å². The van der Waals surface area contributed by atoms with Crippen LogP contribution in [-0.4, -0.2) is 24.4 Å². The largest absolute Gasteiger partial charge is 0.354 e. The molecule has 0 atom stereocenters. The van der Waals surface area contributed by atoms with Crippen LogP contribution in [0.1, 0.15) is 26.5 Å². The summed E-state index contributed by atoms with van der Waals surface area (Å²) in [6.07, 6.45) is 1.77. The minimum Gasteiger partial charge on any atom is -0.354 e. The van der Waals surface area contributed by atoms with Crippen molar-refractivity contribution in [3.63, 3.8) is 0 Å². The molecule has 1 aromatic heterocycles. The Kier molecular flexibility index (Phi) is 5.98. The fourth-order valence-corrected chi connectivity index (χ4v) is 0.878. The van der Waals surface area contributed by atoms with Crippen molar-refractivity contribution in [3.05, 3.63) is 18.0 Å². The highest BCUT2D eigenvalue weighted by atomic mass is 15.1. The van der Waals surface area contributed by atoms with E-state index < -0.39 is 0 Å². The quantitative estimate of drug-likeness (QED) is 0.753. The van der Waals surface area contributed by atoms with Crippen molar-refractivity contribution in [3.8, 4) is 0 Å². The van der Waals surface area contributed by atoms with Gasteiger partial charge < -0.3 is 5.32 Å². The summed E-state index contributed by atoms with van der Waals surface area (Å²) in [5.74, 6) is 0.718. The van der Waals surface area contributed by atoms with E-state index in [1.54, 1.807) is 6.20 Å². The summed E-state index contributed by atoms with van der Waals surface area (Å²) in [7, 11) is 4.50. The minimum atomic E-state index is 0.257. The average Bonchev–Trinajstić information content (AvgIpc) is 2.17. The van der Waals surface area contributed by atoms with E-state index in [0.717, 1.165) is 18.2 Å². The molecular weight excluding hydrogens is 185 g/mol. The molecule has 0 fully saturated rings. The molecule has 0 aromatic carbocycles. The summed E-state index contributed by atoms with van der Waals surface area (Å²) in [5.41, 5.74) is 1.25. The third kappa shape index (κ3) is 6.94. The lowest BCUT2D eigenvalue weighted by molar-refractivity contribution is 0.441. The fraction of sp³-hybridized carbons (Fsp3) is 0.636. The van der Waals surface area contributed by atoms with E-state index in [4.69, 9.17) is 0 Å². The van der Waals surface area contributed by atoms with Gasteiger partial charge in [-0.2, -0.15) is 0 Å². The van der Waals surface area contributed by atoms with Crippen LogP contribution >= 0.6 is 0 Å². The number of nitrogens with one attached hydrogen (secondary N) is 1. The smallest absolute Gasteiger partial charge is 0.222 e. The molecule has 0 aliphatic carbocycles. The van der Waals surface area contributed by atoms with Crippen LogP contribution in [-0.2, 0) is 0 Å². The van der Waals surface area contributed by atoms with Crippen LogP contribution < -0.4 is 5.32 Å². The first kappa shape index (κ1) is 13.9. The molecule has 1 N–H and O–H groups in total. The Morgan fingerprint density at radius 3 is 2.40 bits per heavy atom. The van der Waals surface area contributed by atoms with Crippen LogP contribution in [0, 0.1) is 12.3 Å². The second kappa shape index (κ2) is 6.43. The molecule has 82 valence electrons. The first-order chi connectivity index (χ1) is 6.97. The molecular formula is C11H20BN3. The van der Waals surface area contributed by atoms with Crippen molar-refractivity contribution < 1.29 is 0 Å². The van der Waals surface area contributed by atoms with Crippen LogP contribution in [0.3, 0.4) is 0 Å². The number of hydrogen-bond donors (Lipinski definition) is 1. The van der Waals surface area contributed by atoms with Gasteiger partial charge in [0.05, 0.1) is 7.85 Å². The molecule has 0 saturated heterocycles. The molecule has 1 heterocycles. The van der Waals surface area contributed by atoms with Crippen LogP contribution in [0.5, 0.6) is 0 Å². The number of nitrogens with zero attached hydrogens (tertiary/aromatic N) is 2. The maximum atomic E-state index is 4.50. The summed E-state index contributed by atoms with van der Waals surface area (Å²) in [4.78, 5) is 8.37. The van der Waals surface area contributed by atoms with Crippen LogP contribution in [0.2, 0.25) is 6.82 Å². The van der Waals surface area contributed by atoms with Gasteiger partial charge in [0.1, 0.15) is 0 Å². The molecule has 0 aliphatic heterocycles. The Balaban J connectivity index is 0.000000921. The second-order valence-corrected chi connectivity index (χ2v) is 4.44. The molecule has 3 nitrogen and oxygen atoms in total. The predicted molar refractivity (Wildman–Crippen MR) is 66.3 cm³/mol. The molecule has 1 rings (SSSR count). The minimum absolute atomic E-state index is 0.257. The highest BCUT2D eigenvalue weighted by Gasteiger charge is 2.09. The van der Waals surface area contributed by atoms with Gasteiger partial charge in [0.25, 0.3) is 0 Å². The maximum Gasteiger partial charge on any atom is 0.222 e. The average molecular weight is 205 g/mol. The van der Waals surface area contributed by atoms with Crippen LogP contribution in [0.25, 0.3) is 0 Å². The highest BCUT2D eigenvalue weighted by Crippen LogP contribution is 2.12. The number of anilines is 1. The summed E-state index contributed by atoms with van der Waals surface area (Å²) in [6.45, 7) is 10.9. The third-order valence-corrected chi connectivity index (χ3v) is 1.57. The Hall–Kier alpha value is -1.06. The lowest BCUT2D eigenvalue weighted by Gasteiger charge is -2.18. The van der Waals surface area contributed by atoms with E-state index in [0.29, 0.717) is 0 Å². The van der Waals surface area contributed by atoms with Gasteiger partial charge in [0, 0.05) is 18.4 Å². The first-order valence-electron chi connectivity index (χ1n) is 5.09. The van der Waals surface area contributed by atoms with Crippen LogP contribution in [0.4, 0.5) is 5.95 Å². The second-order valence-electron chi connectivity index (χ2n) is 4.44. The molecule has 0 amide bonds. The van der Waals surface area contributed by atoms with E-state index >= 15 is 0 Å². The summed E-state index contributed by atoms with van der Waals surface area (Å²) < 4.78 is 0. The van der Waals surface area contributed by atoms with Crippen molar-refractivity contribution in [2.45, 2.75) is 34.5 Å².